The van der Waals surface area contributed by atoms with Crippen molar-refractivity contribution in [1.82, 2.24) is 5.32 Å². The fourth-order valence-corrected chi connectivity index (χ4v) is 7.02. The van der Waals surface area contributed by atoms with Gasteiger partial charge in [-0.15, -0.1) is 0 Å². The Morgan fingerprint density at radius 1 is 0.529 bits per heavy atom. The lowest BCUT2D eigenvalue weighted by Gasteiger charge is -2.15. The number of phosphoric ester groups is 1. The minimum atomic E-state index is -4.40. The lowest BCUT2D eigenvalue weighted by Crippen LogP contribution is -2.27. The van der Waals surface area contributed by atoms with Crippen molar-refractivity contribution in [3.63, 3.8) is 0 Å². The molecule has 0 aliphatic heterocycles. The average molecular weight is 748 g/mol. The summed E-state index contributed by atoms with van der Waals surface area (Å²) in [6.07, 6.45) is 37.4. The van der Waals surface area contributed by atoms with E-state index in [1.165, 1.54) is 154 Å². The molecular weight excluding hydrogens is 665 g/mol. The van der Waals surface area contributed by atoms with E-state index in [4.69, 9.17) is 13.8 Å². The first kappa shape index (κ1) is 50.0. The molecule has 2 atom stereocenters. The number of hydrogen-bond donors (Lipinski definition) is 3. The summed E-state index contributed by atoms with van der Waals surface area (Å²) in [6.45, 7) is 3.59. The van der Waals surface area contributed by atoms with Crippen LogP contribution in [0.1, 0.15) is 219 Å². The summed E-state index contributed by atoms with van der Waals surface area (Å²) in [5.41, 5.74) is 0. The van der Waals surface area contributed by atoms with E-state index < -0.39 is 26.5 Å². The molecule has 0 rings (SSSR count). The highest BCUT2D eigenvalue weighted by atomic mass is 31.2. The van der Waals surface area contributed by atoms with E-state index in [0.717, 1.165) is 38.5 Å². The van der Waals surface area contributed by atoms with Crippen molar-refractivity contribution in [3.8, 4) is 0 Å². The molecule has 3 N–H and O–H groups in total. The van der Waals surface area contributed by atoms with E-state index in [-0.39, 0.29) is 25.7 Å². The standard InChI is InChI=1S/C41H82NO8P/c1-3-5-7-9-11-13-15-17-18-19-20-22-24-26-28-30-32-34-41(45)48-37-39(43)38-50-51(46,47)49-36-35-42-40(44)33-31-29-27-25-23-21-16-14-12-10-8-6-4-2/h39,43H,3-38H2,1-2H3,(H,42,44)(H,46,47). The highest BCUT2D eigenvalue weighted by molar-refractivity contribution is 7.47. The number of hydrogen-bond acceptors (Lipinski definition) is 7. The van der Waals surface area contributed by atoms with Gasteiger partial charge in [0.1, 0.15) is 12.7 Å². The van der Waals surface area contributed by atoms with Crippen molar-refractivity contribution in [3.05, 3.63) is 0 Å². The normalized spacial score (nSPS) is 13.3. The monoisotopic (exact) mass is 748 g/mol. The summed E-state index contributed by atoms with van der Waals surface area (Å²) < 4.78 is 26.8. The molecule has 0 radical (unpaired) electrons. The van der Waals surface area contributed by atoms with E-state index >= 15 is 0 Å². The van der Waals surface area contributed by atoms with Crippen molar-refractivity contribution in [1.29, 1.82) is 0 Å². The van der Waals surface area contributed by atoms with Gasteiger partial charge in [0.05, 0.1) is 13.2 Å². The van der Waals surface area contributed by atoms with Crippen LogP contribution in [0.3, 0.4) is 0 Å². The Morgan fingerprint density at radius 2 is 0.882 bits per heavy atom. The zero-order valence-electron chi connectivity index (χ0n) is 33.3. The maximum Gasteiger partial charge on any atom is 0.472 e. The van der Waals surface area contributed by atoms with Gasteiger partial charge in [0.2, 0.25) is 5.91 Å². The molecule has 0 aliphatic rings. The zero-order chi connectivity index (χ0) is 37.5. The van der Waals surface area contributed by atoms with E-state index in [1.54, 1.807) is 0 Å². The average Bonchev–Trinajstić information content (AvgIpc) is 3.11. The van der Waals surface area contributed by atoms with Gasteiger partial charge < -0.3 is 20.1 Å². The number of phosphoric acid groups is 1. The largest absolute Gasteiger partial charge is 0.472 e. The highest BCUT2D eigenvalue weighted by Gasteiger charge is 2.23. The molecule has 0 aromatic heterocycles. The van der Waals surface area contributed by atoms with Gasteiger partial charge in [-0.05, 0) is 12.8 Å². The summed E-state index contributed by atoms with van der Waals surface area (Å²) in [4.78, 5) is 33.8. The molecule has 0 fully saturated rings. The lowest BCUT2D eigenvalue weighted by atomic mass is 10.0. The van der Waals surface area contributed by atoms with Crippen LogP contribution >= 0.6 is 7.82 Å². The summed E-state index contributed by atoms with van der Waals surface area (Å²) in [5, 5.41) is 12.7. The fourth-order valence-electron chi connectivity index (χ4n) is 6.26. The number of esters is 1. The fraction of sp³-hybridized carbons (Fsp3) is 0.951. The molecule has 304 valence electrons. The maximum atomic E-state index is 12.1. The van der Waals surface area contributed by atoms with Gasteiger partial charge in [-0.1, -0.05) is 194 Å². The van der Waals surface area contributed by atoms with Crippen molar-refractivity contribution in [2.45, 2.75) is 225 Å². The number of amides is 1. The van der Waals surface area contributed by atoms with Crippen LogP contribution in [0.2, 0.25) is 0 Å². The predicted octanol–water partition coefficient (Wildman–Crippen LogP) is 11.7. The predicted molar refractivity (Wildman–Crippen MR) is 211 cm³/mol. The smallest absolute Gasteiger partial charge is 0.463 e. The Labute approximate surface area is 314 Å². The number of aliphatic hydroxyl groups excluding tert-OH is 1. The van der Waals surface area contributed by atoms with Crippen LogP contribution in [-0.4, -0.2) is 54.3 Å². The Hall–Kier alpha value is -0.990. The van der Waals surface area contributed by atoms with Crippen LogP contribution in [0.25, 0.3) is 0 Å². The summed E-state index contributed by atoms with van der Waals surface area (Å²) in [7, 11) is -4.40. The molecule has 0 spiro atoms. The molecule has 0 heterocycles. The molecule has 9 nitrogen and oxygen atoms in total. The topological polar surface area (TPSA) is 131 Å². The maximum absolute atomic E-state index is 12.1. The third-order valence-corrected chi connectivity index (χ3v) is 10.5. The van der Waals surface area contributed by atoms with E-state index in [9.17, 15) is 24.2 Å². The second-order valence-corrected chi connectivity index (χ2v) is 16.1. The van der Waals surface area contributed by atoms with Crippen LogP contribution in [0.4, 0.5) is 0 Å². The molecule has 51 heavy (non-hydrogen) atoms. The molecule has 0 bridgehead atoms. The number of carbonyl (C=O) groups is 2. The van der Waals surface area contributed by atoms with Crippen molar-refractivity contribution in [2.24, 2.45) is 0 Å². The molecular formula is C41H82NO8P. The van der Waals surface area contributed by atoms with Crippen LogP contribution < -0.4 is 5.32 Å². The van der Waals surface area contributed by atoms with Gasteiger partial charge in [-0.2, -0.15) is 0 Å². The van der Waals surface area contributed by atoms with Gasteiger partial charge in [-0.25, -0.2) is 4.57 Å². The van der Waals surface area contributed by atoms with Gasteiger partial charge in [-0.3, -0.25) is 18.6 Å². The first-order valence-corrected chi connectivity index (χ1v) is 23.0. The third kappa shape index (κ3) is 40.0. The number of unbranched alkanes of at least 4 members (excludes halogenated alkanes) is 28. The van der Waals surface area contributed by atoms with Crippen LogP contribution in [-0.2, 0) is 27.9 Å². The number of rotatable bonds is 41. The van der Waals surface area contributed by atoms with Gasteiger partial charge >= 0.3 is 13.8 Å². The second-order valence-electron chi connectivity index (χ2n) is 14.7. The lowest BCUT2D eigenvalue weighted by molar-refractivity contribution is -0.147. The molecule has 2 unspecified atom stereocenters. The molecule has 0 aromatic carbocycles. The summed E-state index contributed by atoms with van der Waals surface area (Å²) >= 11 is 0. The van der Waals surface area contributed by atoms with Gasteiger partial charge in [0.15, 0.2) is 0 Å². The SMILES string of the molecule is CCCCCCCCCCCCCCCCCCCC(=O)OCC(O)COP(=O)(O)OCCNC(=O)CCCCCCCCCCCCCCC. The Bertz CT molecular complexity index is 815. The Kier molecular flexibility index (Phi) is 38.0. The minimum absolute atomic E-state index is 0.0881. The summed E-state index contributed by atoms with van der Waals surface area (Å²) in [6, 6.07) is 0. The highest BCUT2D eigenvalue weighted by Crippen LogP contribution is 2.42. The molecule has 1 amide bonds. The zero-order valence-corrected chi connectivity index (χ0v) is 34.2. The van der Waals surface area contributed by atoms with Crippen LogP contribution in [0.5, 0.6) is 0 Å². The molecule has 0 saturated heterocycles. The molecule has 0 aliphatic carbocycles. The van der Waals surface area contributed by atoms with Gasteiger partial charge in [0, 0.05) is 19.4 Å². The van der Waals surface area contributed by atoms with Crippen molar-refractivity contribution < 1.29 is 37.9 Å². The number of aliphatic hydroxyl groups is 1. The van der Waals surface area contributed by atoms with Crippen molar-refractivity contribution >= 4 is 19.7 Å². The molecule has 10 heteroatoms. The first-order valence-electron chi connectivity index (χ1n) is 21.5. The Morgan fingerprint density at radius 3 is 1.27 bits per heavy atom. The number of nitrogens with one attached hydrogen (secondary N) is 1. The third-order valence-electron chi connectivity index (χ3n) is 9.54. The van der Waals surface area contributed by atoms with Crippen LogP contribution in [0, 0.1) is 0 Å². The van der Waals surface area contributed by atoms with E-state index in [1.807, 2.05) is 0 Å². The molecule has 0 aromatic rings. The summed E-state index contributed by atoms with van der Waals surface area (Å²) in [5.74, 6) is -0.504. The quantitative estimate of drug-likeness (QED) is 0.0320. The van der Waals surface area contributed by atoms with Gasteiger partial charge in [0.25, 0.3) is 0 Å². The minimum Gasteiger partial charge on any atom is -0.463 e. The Balaban J connectivity index is 3.55. The van der Waals surface area contributed by atoms with E-state index in [2.05, 4.69) is 19.2 Å². The number of ether oxygens (including phenoxy) is 1. The van der Waals surface area contributed by atoms with Crippen LogP contribution in [0.15, 0.2) is 0 Å². The van der Waals surface area contributed by atoms with Crippen molar-refractivity contribution in [2.75, 3.05) is 26.4 Å². The molecule has 0 saturated carbocycles. The van der Waals surface area contributed by atoms with E-state index in [0.29, 0.717) is 12.8 Å². The second kappa shape index (κ2) is 38.7. The first-order chi connectivity index (χ1) is 24.8. The number of carbonyl (C=O) groups excluding carboxylic acids is 2.